The van der Waals surface area contributed by atoms with Gasteiger partial charge in [-0.15, -0.1) is 0 Å². The first-order valence-corrected chi connectivity index (χ1v) is 6.93. The van der Waals surface area contributed by atoms with E-state index in [1.165, 1.54) is 0 Å². The van der Waals surface area contributed by atoms with Crippen molar-refractivity contribution in [3.63, 3.8) is 0 Å². The van der Waals surface area contributed by atoms with E-state index in [-0.39, 0.29) is 6.54 Å². The molecule has 1 heterocycles. The van der Waals surface area contributed by atoms with Gasteiger partial charge >= 0.3 is 5.97 Å². The van der Waals surface area contributed by atoms with Crippen molar-refractivity contribution in [1.82, 2.24) is 4.90 Å². The van der Waals surface area contributed by atoms with Crippen LogP contribution in [0.2, 0.25) is 0 Å². The van der Waals surface area contributed by atoms with Crippen LogP contribution in [0.1, 0.15) is 19.1 Å². The van der Waals surface area contributed by atoms with Crippen molar-refractivity contribution in [3.8, 4) is 11.7 Å². The fraction of sp³-hybridized carbons (Fsp3) is 0.312. The molecular formula is C16H19NO4. The fourth-order valence-electron chi connectivity index (χ4n) is 2.04. The smallest absolute Gasteiger partial charge is 0.317 e. The van der Waals surface area contributed by atoms with Gasteiger partial charge in [0.15, 0.2) is 0 Å². The van der Waals surface area contributed by atoms with Crippen LogP contribution in [-0.2, 0) is 11.3 Å². The summed E-state index contributed by atoms with van der Waals surface area (Å²) < 4.78 is 11.2. The molecule has 0 aliphatic heterocycles. The topological polar surface area (TPSA) is 62.9 Å². The van der Waals surface area contributed by atoms with Crippen LogP contribution in [0.3, 0.4) is 0 Å². The van der Waals surface area contributed by atoms with E-state index < -0.39 is 5.97 Å². The number of carboxylic acids is 1. The normalized spacial score (nSPS) is 10.8. The number of hydrogen-bond donors (Lipinski definition) is 1. The van der Waals surface area contributed by atoms with Crippen LogP contribution in [0.5, 0.6) is 11.7 Å². The quantitative estimate of drug-likeness (QED) is 0.807. The molecule has 2 aromatic rings. The molecule has 0 aliphatic rings. The predicted molar refractivity (Wildman–Crippen MR) is 78.4 cm³/mol. The highest BCUT2D eigenvalue weighted by molar-refractivity contribution is 5.69. The molecule has 0 bridgehead atoms. The van der Waals surface area contributed by atoms with Gasteiger partial charge in [-0.2, -0.15) is 0 Å². The third-order valence-corrected chi connectivity index (χ3v) is 2.88. The molecule has 0 saturated heterocycles. The Kier molecular flexibility index (Phi) is 5.40. The van der Waals surface area contributed by atoms with Gasteiger partial charge in [-0.3, -0.25) is 9.69 Å². The Morgan fingerprint density at radius 2 is 2.00 bits per heavy atom. The lowest BCUT2D eigenvalue weighted by atomic mass is 10.3. The molecule has 2 rings (SSSR count). The molecule has 5 heteroatoms. The van der Waals surface area contributed by atoms with E-state index in [2.05, 4.69) is 0 Å². The second-order valence-corrected chi connectivity index (χ2v) is 4.74. The summed E-state index contributed by atoms with van der Waals surface area (Å²) in [5.74, 6) is 0.962. The minimum Gasteiger partial charge on any atom is -0.480 e. The maximum Gasteiger partial charge on any atom is 0.317 e. The third-order valence-electron chi connectivity index (χ3n) is 2.88. The number of carboxylic acid groups (broad SMARTS) is 1. The summed E-state index contributed by atoms with van der Waals surface area (Å²) in [5, 5.41) is 8.89. The second-order valence-electron chi connectivity index (χ2n) is 4.74. The number of nitrogens with zero attached hydrogens (tertiary/aromatic N) is 1. The Balaban J connectivity index is 1.96. The van der Waals surface area contributed by atoms with Crippen molar-refractivity contribution < 1.29 is 19.1 Å². The minimum atomic E-state index is -0.837. The number of carbonyl (C=O) groups is 1. The van der Waals surface area contributed by atoms with Gasteiger partial charge in [0.05, 0.1) is 13.1 Å². The van der Waals surface area contributed by atoms with Crippen molar-refractivity contribution in [2.24, 2.45) is 0 Å². The average molecular weight is 289 g/mol. The number of benzene rings is 1. The van der Waals surface area contributed by atoms with E-state index in [1.54, 1.807) is 6.07 Å². The molecule has 112 valence electrons. The predicted octanol–water partition coefficient (Wildman–Crippen LogP) is 3.37. The molecular weight excluding hydrogens is 270 g/mol. The van der Waals surface area contributed by atoms with Crippen molar-refractivity contribution in [2.45, 2.75) is 19.9 Å². The number of hydrogen-bond acceptors (Lipinski definition) is 4. The fourth-order valence-corrected chi connectivity index (χ4v) is 2.04. The lowest BCUT2D eigenvalue weighted by Crippen LogP contribution is -2.29. The molecule has 1 N–H and O–H groups in total. The van der Waals surface area contributed by atoms with E-state index in [0.29, 0.717) is 30.5 Å². The van der Waals surface area contributed by atoms with Crippen molar-refractivity contribution >= 4 is 5.97 Å². The van der Waals surface area contributed by atoms with Crippen molar-refractivity contribution in [3.05, 3.63) is 48.2 Å². The number of ether oxygens (including phenoxy) is 1. The molecule has 0 unspecified atom stereocenters. The van der Waals surface area contributed by atoms with Gasteiger partial charge in [-0.05, 0) is 31.2 Å². The molecule has 0 saturated carbocycles. The molecule has 0 spiro atoms. The summed E-state index contributed by atoms with van der Waals surface area (Å²) in [6.07, 6.45) is 0.890. The van der Waals surface area contributed by atoms with Crippen LogP contribution in [0, 0.1) is 0 Å². The highest BCUT2D eigenvalue weighted by atomic mass is 16.6. The summed E-state index contributed by atoms with van der Waals surface area (Å²) in [4.78, 5) is 12.7. The molecule has 0 amide bonds. The molecule has 1 aromatic heterocycles. The molecule has 0 atom stereocenters. The average Bonchev–Trinajstić information content (AvgIpc) is 2.86. The molecule has 0 fully saturated rings. The Morgan fingerprint density at radius 1 is 1.24 bits per heavy atom. The van der Waals surface area contributed by atoms with Gasteiger partial charge in [0, 0.05) is 6.07 Å². The summed E-state index contributed by atoms with van der Waals surface area (Å²) in [6.45, 7) is 3.19. The van der Waals surface area contributed by atoms with E-state index >= 15 is 0 Å². The van der Waals surface area contributed by atoms with Gasteiger partial charge in [-0.25, -0.2) is 0 Å². The highest BCUT2D eigenvalue weighted by Crippen LogP contribution is 2.24. The van der Waals surface area contributed by atoms with E-state index in [0.717, 1.165) is 6.42 Å². The summed E-state index contributed by atoms with van der Waals surface area (Å²) >= 11 is 0. The lowest BCUT2D eigenvalue weighted by Gasteiger charge is -2.17. The molecule has 21 heavy (non-hydrogen) atoms. The third kappa shape index (κ3) is 4.96. The SMILES string of the molecule is CCCN(CC(=O)O)Cc1ccc(Oc2ccccc2)o1. The Hall–Kier alpha value is -2.27. The summed E-state index contributed by atoms with van der Waals surface area (Å²) in [5.41, 5.74) is 0. The van der Waals surface area contributed by atoms with Crippen LogP contribution in [0.4, 0.5) is 0 Å². The van der Waals surface area contributed by atoms with Crippen LogP contribution in [0.15, 0.2) is 46.9 Å². The molecule has 0 aliphatic carbocycles. The van der Waals surface area contributed by atoms with Gasteiger partial charge in [0.25, 0.3) is 5.95 Å². The number of aliphatic carboxylic acids is 1. The van der Waals surface area contributed by atoms with Crippen molar-refractivity contribution in [2.75, 3.05) is 13.1 Å². The van der Waals surface area contributed by atoms with Gasteiger partial charge in [-0.1, -0.05) is 25.1 Å². The van der Waals surface area contributed by atoms with E-state index in [4.69, 9.17) is 14.3 Å². The maximum absolute atomic E-state index is 10.8. The van der Waals surface area contributed by atoms with Crippen molar-refractivity contribution in [1.29, 1.82) is 0 Å². The number of rotatable bonds is 8. The first kappa shape index (κ1) is 15.1. The van der Waals surface area contributed by atoms with Crippen LogP contribution < -0.4 is 4.74 Å². The zero-order valence-corrected chi connectivity index (χ0v) is 12.0. The van der Waals surface area contributed by atoms with Gasteiger partial charge < -0.3 is 14.3 Å². The first-order valence-electron chi connectivity index (χ1n) is 6.93. The van der Waals surface area contributed by atoms with Gasteiger partial charge in [0.1, 0.15) is 11.5 Å². The monoisotopic (exact) mass is 289 g/mol. The Morgan fingerprint density at radius 3 is 2.67 bits per heavy atom. The summed E-state index contributed by atoms with van der Waals surface area (Å²) in [6, 6.07) is 12.9. The Labute approximate surface area is 123 Å². The molecule has 1 aromatic carbocycles. The van der Waals surface area contributed by atoms with Crippen LogP contribution in [-0.4, -0.2) is 29.1 Å². The zero-order chi connectivity index (χ0) is 15.1. The first-order chi connectivity index (χ1) is 10.2. The molecule has 0 radical (unpaired) electrons. The van der Waals surface area contributed by atoms with Crippen LogP contribution in [0.25, 0.3) is 0 Å². The standard InChI is InChI=1S/C16H19NO4/c1-2-10-17(12-15(18)19)11-14-8-9-16(21-14)20-13-6-4-3-5-7-13/h3-9H,2,10-12H2,1H3,(H,18,19). The molecule has 5 nitrogen and oxygen atoms in total. The zero-order valence-electron chi connectivity index (χ0n) is 12.0. The van der Waals surface area contributed by atoms with E-state index in [1.807, 2.05) is 48.2 Å². The minimum absolute atomic E-state index is 0.00339. The maximum atomic E-state index is 10.8. The van der Waals surface area contributed by atoms with E-state index in [9.17, 15) is 4.79 Å². The number of para-hydroxylation sites is 1. The summed E-state index contributed by atoms with van der Waals surface area (Å²) in [7, 11) is 0. The highest BCUT2D eigenvalue weighted by Gasteiger charge is 2.12. The largest absolute Gasteiger partial charge is 0.480 e. The van der Waals surface area contributed by atoms with Crippen LogP contribution >= 0.6 is 0 Å². The second kappa shape index (κ2) is 7.50. The number of furan rings is 1. The lowest BCUT2D eigenvalue weighted by molar-refractivity contribution is -0.138. The Bertz CT molecular complexity index is 565. The van der Waals surface area contributed by atoms with Gasteiger partial charge in [0.2, 0.25) is 0 Å².